The van der Waals surface area contributed by atoms with Gasteiger partial charge in [0.25, 0.3) is 5.91 Å². The van der Waals surface area contributed by atoms with Crippen molar-refractivity contribution in [2.24, 2.45) is 0 Å². The van der Waals surface area contributed by atoms with Crippen LogP contribution < -0.4 is 5.32 Å². The van der Waals surface area contributed by atoms with E-state index in [4.69, 9.17) is 4.98 Å². The Labute approximate surface area is 195 Å². The lowest BCUT2D eigenvalue weighted by atomic mass is 10.0. The van der Waals surface area contributed by atoms with E-state index in [1.807, 2.05) is 12.1 Å². The lowest BCUT2D eigenvalue weighted by Gasteiger charge is -2.12. The van der Waals surface area contributed by atoms with E-state index in [1.165, 1.54) is 12.1 Å². The zero-order chi connectivity index (χ0) is 23.9. The number of carbonyl (C=O) groups excluding carboxylic acids is 1. The van der Waals surface area contributed by atoms with Crippen LogP contribution in [0.25, 0.3) is 22.3 Å². The fourth-order valence-corrected chi connectivity index (χ4v) is 5.95. The summed E-state index contributed by atoms with van der Waals surface area (Å²) < 4.78 is 39.3. The number of aryl methyl sites for hydroxylation is 1. The maximum absolute atomic E-state index is 13.5. The number of fused-ring (bicyclic) bond motifs is 1. The Morgan fingerprint density at radius 3 is 2.59 bits per heavy atom. The van der Waals surface area contributed by atoms with Crippen LogP contribution in [0.5, 0.6) is 0 Å². The molecule has 0 unspecified atom stereocenters. The summed E-state index contributed by atoms with van der Waals surface area (Å²) in [6, 6.07) is 10.8. The van der Waals surface area contributed by atoms with Crippen molar-refractivity contribution in [3.05, 3.63) is 77.5 Å². The number of hydrogen-bond donors (Lipinski definition) is 1. The third-order valence-corrected chi connectivity index (χ3v) is 7.73. The summed E-state index contributed by atoms with van der Waals surface area (Å²) in [6.45, 7) is 2.09. The zero-order valence-corrected chi connectivity index (χ0v) is 19.2. The molecule has 174 valence electrons. The molecule has 1 atom stereocenters. The van der Waals surface area contributed by atoms with Gasteiger partial charge in [0.15, 0.2) is 15.5 Å². The van der Waals surface area contributed by atoms with Crippen molar-refractivity contribution in [1.29, 1.82) is 0 Å². The number of sulfone groups is 1. The van der Waals surface area contributed by atoms with E-state index in [9.17, 15) is 17.6 Å². The number of aromatic nitrogens is 4. The van der Waals surface area contributed by atoms with Gasteiger partial charge >= 0.3 is 0 Å². The summed E-state index contributed by atoms with van der Waals surface area (Å²) in [4.78, 5) is 22.0. The smallest absolute Gasteiger partial charge is 0.252 e. The predicted octanol–water partition coefficient (Wildman–Crippen LogP) is 3.23. The van der Waals surface area contributed by atoms with Crippen LogP contribution in [0.4, 0.5) is 4.39 Å². The summed E-state index contributed by atoms with van der Waals surface area (Å²) in [7, 11) is -3.15. The van der Waals surface area contributed by atoms with E-state index >= 15 is 0 Å². The molecular weight excluding hydrogens is 457 g/mol. The summed E-state index contributed by atoms with van der Waals surface area (Å²) in [6.07, 6.45) is 3.75. The predicted molar refractivity (Wildman–Crippen MR) is 125 cm³/mol. The highest BCUT2D eigenvalue weighted by molar-refractivity contribution is 7.91. The van der Waals surface area contributed by atoms with Crippen LogP contribution >= 0.6 is 0 Å². The third kappa shape index (κ3) is 4.28. The van der Waals surface area contributed by atoms with Crippen molar-refractivity contribution < 1.29 is 17.6 Å². The van der Waals surface area contributed by atoms with Gasteiger partial charge in [0.2, 0.25) is 0 Å². The number of rotatable bonds is 5. The average molecular weight is 480 g/mol. The summed E-state index contributed by atoms with van der Waals surface area (Å²) in [5.74, 6) is -0.615. The lowest BCUT2D eigenvalue weighted by Crippen LogP contribution is -2.23. The fourth-order valence-electron chi connectivity index (χ4n) is 4.26. The Hall–Kier alpha value is -3.66. The molecule has 1 N–H and O–H groups in total. The Balaban J connectivity index is 1.62. The quantitative estimate of drug-likeness (QED) is 0.471. The third-order valence-electron chi connectivity index (χ3n) is 5.98. The number of halogens is 1. The molecular formula is C24H22FN5O3S. The minimum Gasteiger partial charge on any atom is -0.348 e. The monoisotopic (exact) mass is 479 g/mol. The number of hydrogen-bond acceptors (Lipinski definition) is 6. The Kier molecular flexibility index (Phi) is 5.60. The van der Waals surface area contributed by atoms with Crippen molar-refractivity contribution in [3.8, 4) is 11.3 Å². The summed E-state index contributed by atoms with van der Waals surface area (Å²) >= 11 is 0. The number of nitrogens with one attached hydrogen (secondary N) is 1. The van der Waals surface area contributed by atoms with Crippen LogP contribution in [0.15, 0.2) is 54.9 Å². The molecule has 1 aromatic carbocycles. The molecule has 5 rings (SSSR count). The highest BCUT2D eigenvalue weighted by atomic mass is 32.2. The maximum Gasteiger partial charge on any atom is 0.252 e. The first-order valence-corrected chi connectivity index (χ1v) is 12.7. The molecule has 0 aliphatic carbocycles. The fraction of sp³-hybridized carbons (Fsp3) is 0.250. The molecule has 10 heteroatoms. The van der Waals surface area contributed by atoms with Gasteiger partial charge in [0.05, 0.1) is 39.9 Å². The topological polar surface area (TPSA) is 107 Å². The van der Waals surface area contributed by atoms with Crippen molar-refractivity contribution in [2.45, 2.75) is 25.9 Å². The van der Waals surface area contributed by atoms with E-state index in [0.29, 0.717) is 46.5 Å². The molecule has 1 fully saturated rings. The summed E-state index contributed by atoms with van der Waals surface area (Å²) in [5.41, 5.74) is 3.42. The molecule has 0 spiro atoms. The highest BCUT2D eigenvalue weighted by Gasteiger charge is 2.32. The van der Waals surface area contributed by atoms with Crippen LogP contribution in [0, 0.1) is 12.7 Å². The van der Waals surface area contributed by atoms with Crippen molar-refractivity contribution >= 4 is 26.8 Å². The van der Waals surface area contributed by atoms with Gasteiger partial charge < -0.3 is 5.32 Å². The van der Waals surface area contributed by atoms with Crippen LogP contribution in [0.1, 0.15) is 34.1 Å². The molecule has 8 nitrogen and oxygen atoms in total. The Morgan fingerprint density at radius 2 is 1.91 bits per heavy atom. The van der Waals surface area contributed by atoms with Gasteiger partial charge in [-0.25, -0.2) is 22.5 Å². The van der Waals surface area contributed by atoms with Gasteiger partial charge in [0.1, 0.15) is 5.82 Å². The average Bonchev–Trinajstić information content (AvgIpc) is 3.36. The second-order valence-corrected chi connectivity index (χ2v) is 10.6. The molecule has 1 amide bonds. The molecule has 0 radical (unpaired) electrons. The molecule has 0 saturated carbocycles. The van der Waals surface area contributed by atoms with Gasteiger partial charge in [0, 0.05) is 24.5 Å². The molecule has 34 heavy (non-hydrogen) atoms. The van der Waals surface area contributed by atoms with Crippen molar-refractivity contribution in [2.75, 3.05) is 11.5 Å². The second kappa shape index (κ2) is 8.60. The number of pyridine rings is 2. The van der Waals surface area contributed by atoms with Gasteiger partial charge in [-0.2, -0.15) is 5.10 Å². The maximum atomic E-state index is 13.5. The minimum absolute atomic E-state index is 0.0186. The molecule has 1 aliphatic heterocycles. The first-order valence-electron chi connectivity index (χ1n) is 10.8. The standard InChI is InChI=1S/C24H22FN5O3S/c1-15-22-20(24(31)27-13-16-6-9-26-10-7-16)12-21(17-2-4-18(25)5-3-17)28-23(22)30(29-15)19-8-11-34(32,33)14-19/h2-7,9-10,12,19H,8,11,13-14H2,1H3,(H,27,31)/t19-/m1/s1. The van der Waals surface area contributed by atoms with Gasteiger partial charge in [-0.05, 0) is 61.4 Å². The van der Waals surface area contributed by atoms with Gasteiger partial charge in [-0.1, -0.05) is 0 Å². The van der Waals surface area contributed by atoms with E-state index in [0.717, 1.165) is 5.56 Å². The van der Waals surface area contributed by atoms with E-state index in [1.54, 1.807) is 42.2 Å². The van der Waals surface area contributed by atoms with E-state index < -0.39 is 9.84 Å². The van der Waals surface area contributed by atoms with Crippen LogP contribution in [-0.2, 0) is 16.4 Å². The normalized spacial score (nSPS) is 17.2. The zero-order valence-electron chi connectivity index (χ0n) is 18.4. The van der Waals surface area contributed by atoms with E-state index in [-0.39, 0.29) is 29.3 Å². The lowest BCUT2D eigenvalue weighted by molar-refractivity contribution is 0.0952. The number of benzene rings is 1. The van der Waals surface area contributed by atoms with Crippen LogP contribution in [0.3, 0.4) is 0 Å². The number of amides is 1. The second-order valence-electron chi connectivity index (χ2n) is 8.39. The van der Waals surface area contributed by atoms with Crippen molar-refractivity contribution in [3.63, 3.8) is 0 Å². The minimum atomic E-state index is -3.15. The molecule has 0 bridgehead atoms. The first-order chi connectivity index (χ1) is 16.3. The van der Waals surface area contributed by atoms with Gasteiger partial charge in [-0.15, -0.1) is 0 Å². The Morgan fingerprint density at radius 1 is 1.18 bits per heavy atom. The van der Waals surface area contributed by atoms with Gasteiger partial charge in [-0.3, -0.25) is 9.78 Å². The number of nitrogens with zero attached hydrogens (tertiary/aromatic N) is 4. The molecule has 3 aromatic heterocycles. The molecule has 1 aliphatic rings. The Bertz CT molecular complexity index is 1480. The van der Waals surface area contributed by atoms with Crippen LogP contribution in [-0.4, -0.2) is 45.6 Å². The molecule has 4 aromatic rings. The highest BCUT2D eigenvalue weighted by Crippen LogP contribution is 2.32. The first kappa shape index (κ1) is 22.1. The largest absolute Gasteiger partial charge is 0.348 e. The SMILES string of the molecule is Cc1nn([C@@H]2CCS(=O)(=O)C2)c2nc(-c3ccc(F)cc3)cc(C(=O)NCc3ccncc3)c12. The summed E-state index contributed by atoms with van der Waals surface area (Å²) in [5, 5.41) is 8.09. The van der Waals surface area contributed by atoms with E-state index in [2.05, 4.69) is 15.4 Å². The number of carbonyl (C=O) groups is 1. The van der Waals surface area contributed by atoms with Crippen molar-refractivity contribution in [1.82, 2.24) is 25.1 Å². The molecule has 1 saturated heterocycles. The van der Waals surface area contributed by atoms with Crippen LogP contribution in [0.2, 0.25) is 0 Å². The molecule has 4 heterocycles.